The number of hydrogen-bond acceptors (Lipinski definition) is 3. The van der Waals surface area contributed by atoms with Crippen molar-refractivity contribution in [3.8, 4) is 0 Å². The number of hydrogen-bond donors (Lipinski definition) is 0. The van der Waals surface area contributed by atoms with Crippen LogP contribution in [0.25, 0.3) is 0 Å². The topological polar surface area (TPSA) is 46.3 Å². The van der Waals surface area contributed by atoms with Crippen LogP contribution < -0.4 is 0 Å². The summed E-state index contributed by atoms with van der Waals surface area (Å²) >= 11 is 0. The first-order chi connectivity index (χ1) is 9.24. The Balaban J connectivity index is 1.66. The van der Waals surface area contributed by atoms with Crippen LogP contribution in [-0.2, 0) is 4.79 Å². The standard InChI is InChI=1S/C15H22N2O2/c1-11-9-14(19-16-11)13-7-4-8-17(13)15(18)10-12-5-2-3-6-12/h9,12-13H,2-8,10H2,1H3/t13-/m1/s1. The van der Waals surface area contributed by atoms with Gasteiger partial charge >= 0.3 is 0 Å². The van der Waals surface area contributed by atoms with E-state index in [1.54, 1.807) is 0 Å². The highest BCUT2D eigenvalue weighted by molar-refractivity contribution is 5.77. The van der Waals surface area contributed by atoms with Gasteiger partial charge in [-0.15, -0.1) is 0 Å². The smallest absolute Gasteiger partial charge is 0.223 e. The van der Waals surface area contributed by atoms with E-state index in [2.05, 4.69) is 5.16 Å². The van der Waals surface area contributed by atoms with E-state index in [1.165, 1.54) is 25.7 Å². The molecule has 1 aliphatic carbocycles. The Morgan fingerprint density at radius 1 is 1.37 bits per heavy atom. The molecule has 1 saturated carbocycles. The minimum absolute atomic E-state index is 0.120. The van der Waals surface area contributed by atoms with Crippen LogP contribution in [-0.4, -0.2) is 22.5 Å². The zero-order valence-corrected chi connectivity index (χ0v) is 11.6. The molecular weight excluding hydrogens is 240 g/mol. The predicted molar refractivity (Wildman–Crippen MR) is 71.5 cm³/mol. The molecule has 3 rings (SSSR count). The fraction of sp³-hybridized carbons (Fsp3) is 0.733. The van der Waals surface area contributed by atoms with Crippen LogP contribution in [0.1, 0.15) is 62.4 Å². The largest absolute Gasteiger partial charge is 0.359 e. The molecule has 1 saturated heterocycles. The lowest BCUT2D eigenvalue weighted by atomic mass is 10.0. The zero-order chi connectivity index (χ0) is 13.2. The minimum atomic E-state index is 0.120. The Hall–Kier alpha value is -1.32. The molecule has 0 radical (unpaired) electrons. The number of carbonyl (C=O) groups is 1. The second-order valence-corrected chi connectivity index (χ2v) is 5.97. The van der Waals surface area contributed by atoms with Gasteiger partial charge < -0.3 is 9.42 Å². The van der Waals surface area contributed by atoms with Crippen LogP contribution in [0.15, 0.2) is 10.6 Å². The molecular formula is C15H22N2O2. The van der Waals surface area contributed by atoms with E-state index in [9.17, 15) is 4.79 Å². The Morgan fingerprint density at radius 3 is 2.84 bits per heavy atom. The lowest BCUT2D eigenvalue weighted by Crippen LogP contribution is -2.31. The Bertz CT molecular complexity index is 449. The summed E-state index contributed by atoms with van der Waals surface area (Å²) in [6, 6.07) is 2.08. The molecule has 1 aromatic rings. The van der Waals surface area contributed by atoms with Crippen molar-refractivity contribution in [2.24, 2.45) is 5.92 Å². The van der Waals surface area contributed by atoms with Gasteiger partial charge in [-0.1, -0.05) is 18.0 Å². The summed E-state index contributed by atoms with van der Waals surface area (Å²) in [7, 11) is 0. The number of amides is 1. The number of carbonyl (C=O) groups excluding carboxylic acids is 1. The van der Waals surface area contributed by atoms with Gasteiger partial charge in [0.15, 0.2) is 5.76 Å². The van der Waals surface area contributed by atoms with E-state index < -0.39 is 0 Å². The Labute approximate surface area is 114 Å². The summed E-state index contributed by atoms with van der Waals surface area (Å²) < 4.78 is 5.35. The van der Waals surface area contributed by atoms with Gasteiger partial charge in [0.2, 0.25) is 5.91 Å². The van der Waals surface area contributed by atoms with E-state index in [4.69, 9.17) is 4.52 Å². The van der Waals surface area contributed by atoms with Crippen LogP contribution in [0.5, 0.6) is 0 Å². The average Bonchev–Trinajstić information content (AvgIpc) is 3.07. The normalized spacial score (nSPS) is 24.3. The molecule has 0 bridgehead atoms. The highest BCUT2D eigenvalue weighted by atomic mass is 16.5. The highest BCUT2D eigenvalue weighted by Gasteiger charge is 2.33. The third-order valence-corrected chi connectivity index (χ3v) is 4.49. The summed E-state index contributed by atoms with van der Waals surface area (Å²) in [6.45, 7) is 2.79. The Morgan fingerprint density at radius 2 is 2.16 bits per heavy atom. The van der Waals surface area contributed by atoms with Gasteiger partial charge in [0, 0.05) is 19.0 Å². The summed E-state index contributed by atoms with van der Waals surface area (Å²) in [5.41, 5.74) is 0.894. The predicted octanol–water partition coefficient (Wildman–Crippen LogP) is 3.23. The van der Waals surface area contributed by atoms with Crippen molar-refractivity contribution >= 4 is 5.91 Å². The minimum Gasteiger partial charge on any atom is -0.359 e. The van der Waals surface area contributed by atoms with Gasteiger partial charge in [-0.25, -0.2) is 0 Å². The van der Waals surface area contributed by atoms with Crippen molar-refractivity contribution in [1.82, 2.24) is 10.1 Å². The average molecular weight is 262 g/mol. The van der Waals surface area contributed by atoms with Gasteiger partial charge in [0.05, 0.1) is 11.7 Å². The maximum Gasteiger partial charge on any atom is 0.223 e. The molecule has 1 atom stereocenters. The molecule has 0 N–H and O–H groups in total. The second-order valence-electron chi connectivity index (χ2n) is 5.97. The molecule has 2 aliphatic rings. The fourth-order valence-corrected chi connectivity index (χ4v) is 3.48. The van der Waals surface area contributed by atoms with E-state index in [1.807, 2.05) is 17.9 Å². The molecule has 104 valence electrons. The third-order valence-electron chi connectivity index (χ3n) is 4.49. The third kappa shape index (κ3) is 2.67. The van der Waals surface area contributed by atoms with Gasteiger partial charge in [-0.3, -0.25) is 4.79 Å². The number of aromatic nitrogens is 1. The lowest BCUT2D eigenvalue weighted by molar-refractivity contribution is -0.133. The van der Waals surface area contributed by atoms with Crippen LogP contribution in [0, 0.1) is 12.8 Å². The van der Waals surface area contributed by atoms with Crippen molar-refractivity contribution in [3.63, 3.8) is 0 Å². The summed E-state index contributed by atoms with van der Waals surface area (Å²) in [5, 5.41) is 3.95. The first kappa shape index (κ1) is 12.7. The van der Waals surface area contributed by atoms with E-state index in [-0.39, 0.29) is 6.04 Å². The van der Waals surface area contributed by atoms with Crippen molar-refractivity contribution < 1.29 is 9.32 Å². The van der Waals surface area contributed by atoms with Gasteiger partial charge in [-0.05, 0) is 38.5 Å². The number of rotatable bonds is 3. The van der Waals surface area contributed by atoms with Crippen LogP contribution in [0.2, 0.25) is 0 Å². The van der Waals surface area contributed by atoms with Crippen molar-refractivity contribution in [2.45, 2.75) is 57.9 Å². The van der Waals surface area contributed by atoms with Crippen molar-refractivity contribution in [2.75, 3.05) is 6.54 Å². The van der Waals surface area contributed by atoms with Crippen molar-refractivity contribution in [3.05, 3.63) is 17.5 Å². The van der Waals surface area contributed by atoms with Crippen LogP contribution >= 0.6 is 0 Å². The lowest BCUT2D eigenvalue weighted by Gasteiger charge is -2.24. The highest BCUT2D eigenvalue weighted by Crippen LogP contribution is 2.35. The Kier molecular flexibility index (Phi) is 3.58. The number of aryl methyl sites for hydroxylation is 1. The molecule has 0 unspecified atom stereocenters. The molecule has 1 aromatic heterocycles. The molecule has 4 heteroatoms. The summed E-state index contributed by atoms with van der Waals surface area (Å²) in [4.78, 5) is 14.5. The number of likely N-dealkylation sites (tertiary alicyclic amines) is 1. The molecule has 0 spiro atoms. The molecule has 1 amide bonds. The van der Waals surface area contributed by atoms with Crippen LogP contribution in [0.4, 0.5) is 0 Å². The second kappa shape index (κ2) is 5.35. The van der Waals surface area contributed by atoms with E-state index >= 15 is 0 Å². The molecule has 1 aliphatic heterocycles. The summed E-state index contributed by atoms with van der Waals surface area (Å²) in [6.07, 6.45) is 7.85. The molecule has 19 heavy (non-hydrogen) atoms. The number of nitrogens with zero attached hydrogens (tertiary/aromatic N) is 2. The van der Waals surface area contributed by atoms with E-state index in [0.717, 1.165) is 37.3 Å². The SMILES string of the molecule is Cc1cc([C@H]2CCCN2C(=O)CC2CCCC2)on1. The first-order valence-electron chi connectivity index (χ1n) is 7.47. The molecule has 2 heterocycles. The first-order valence-corrected chi connectivity index (χ1v) is 7.47. The summed E-state index contributed by atoms with van der Waals surface area (Å²) in [5.74, 6) is 1.78. The van der Waals surface area contributed by atoms with E-state index in [0.29, 0.717) is 11.8 Å². The maximum atomic E-state index is 12.5. The van der Waals surface area contributed by atoms with Crippen LogP contribution in [0.3, 0.4) is 0 Å². The zero-order valence-electron chi connectivity index (χ0n) is 11.6. The monoisotopic (exact) mass is 262 g/mol. The van der Waals surface area contributed by atoms with Crippen molar-refractivity contribution in [1.29, 1.82) is 0 Å². The maximum absolute atomic E-state index is 12.5. The van der Waals surface area contributed by atoms with Gasteiger partial charge in [0.1, 0.15) is 0 Å². The fourth-order valence-electron chi connectivity index (χ4n) is 3.48. The van der Waals surface area contributed by atoms with Gasteiger partial charge in [-0.2, -0.15) is 0 Å². The molecule has 2 fully saturated rings. The van der Waals surface area contributed by atoms with Gasteiger partial charge in [0.25, 0.3) is 0 Å². The quantitative estimate of drug-likeness (QED) is 0.840. The molecule has 0 aromatic carbocycles. The molecule has 4 nitrogen and oxygen atoms in total.